The van der Waals surface area contributed by atoms with E-state index in [1.165, 1.54) is 29.5 Å². The molecule has 12 aliphatic heterocycles. The monoisotopic (exact) mass is 2170 g/mol. The van der Waals surface area contributed by atoms with E-state index in [1.54, 1.807) is 0 Å². The quantitative estimate of drug-likeness (QED) is 0.0645. The third-order valence-electron chi connectivity index (χ3n) is 22.1. The van der Waals surface area contributed by atoms with E-state index < -0.39 is 255 Å². The second kappa shape index (κ2) is 36.7. The summed E-state index contributed by atoms with van der Waals surface area (Å²) in [5.41, 5.74) is 13.8. The van der Waals surface area contributed by atoms with Crippen molar-refractivity contribution in [3.05, 3.63) is 79.8 Å². The molecule has 9 aromatic heterocycles. The van der Waals surface area contributed by atoms with Crippen LogP contribution in [0.4, 0.5) is 66.0 Å². The number of ketones is 3. The third-order valence-corrected chi connectivity index (χ3v) is 32.5. The van der Waals surface area contributed by atoms with Crippen LogP contribution in [-0.4, -0.2) is 307 Å². The number of phosphoric acid groups is 1. The number of thiol groups is 1. The van der Waals surface area contributed by atoms with Crippen molar-refractivity contribution in [2.75, 3.05) is 56.8 Å². The highest BCUT2D eigenvalue weighted by atomic mass is 32.7. The van der Waals surface area contributed by atoms with Gasteiger partial charge in [-0.15, -0.1) is 16.9 Å². The number of nitrogens with one attached hydrogen (secondary N) is 3. The standard InChI is InChI=1S/C21H21F3N8O10P2S2.C21H23FN8O11P2S2.C20H20F3N9O10P2S2/c22-10-8-3-37-44(36,46)42-14-9(40-19(21(14,23)24)32-6-27-11-7(33)1-2-26-15(11)32)4-38-43(35,45)41-13(10)18(39-8)31-5-28-12-16(31)29-20(25)30-17(12)34;22-10-14-8(39-19(10)29-5-25-11-7(31)1-2-24-16(11)29)3-38-43(36,44)41-15-13(32)9(4-37-42(34,35)40-14)45-20(15)30-6-26-12-17(30)27-21(23)28-18(12)33;21-9-7-3-37-44(36,46)42-13-8(40-18(20(13,22)23)32-14-10(29-30-32)6(33)1-2-25-14)4-38-43(35,45)41-12(9)17(39-7)31-5-26-11-15(31)27-19(24)28-16(11)34/h2,5-6,8-10,13-14,18-19H,1,3-4H2,(H,35,45)(H,36,46)(H3,25,29,30,34);2,5-6,8-10,13-15,19-20,32H,1,3-4H2,(H,34,35)(H,36,44)(H3,23,27,28,33);2,5,7-9,12-13,17-18H,1,3-4H2,(H,35,45)(H,36,46)(H3,24,27,28,34)/t8-,9-,10-,13-,14-,18-,19-,43?,44?;8-,9-,10+,13-,14-,15-,19-,20-,43?;7-,8-,9-,12-,13-,17-,18-,43?,44?/m111/s1. The molecule has 15 N–H and O–H groups in total. The van der Waals surface area contributed by atoms with Crippen LogP contribution in [0.2, 0.25) is 0 Å². The average molecular weight is 2170 g/mol. The number of aromatic nitrogens is 19. The molecule has 21 heterocycles. The van der Waals surface area contributed by atoms with Crippen LogP contribution in [0.1, 0.15) is 87.2 Å². The zero-order chi connectivity index (χ0) is 97.4. The smallest absolute Gasteiger partial charge is 0.389 e. The maximum atomic E-state index is 16.0. The summed E-state index contributed by atoms with van der Waals surface area (Å²) >= 11 is 25.1. The van der Waals surface area contributed by atoms with Crippen LogP contribution < -0.4 is 33.9 Å². The molecule has 6 unspecified atom stereocenters. The number of halogens is 7. The van der Waals surface area contributed by atoms with Crippen molar-refractivity contribution in [2.45, 2.75) is 165 Å². The number of nitrogens with two attached hydrogens (primary N) is 3. The minimum atomic E-state index is -5.04. The summed E-state index contributed by atoms with van der Waals surface area (Å²) in [6, 6.07) is 0. The number of fused-ring (bicyclic) bond motifs is 15. The van der Waals surface area contributed by atoms with Crippen LogP contribution in [0.5, 0.6) is 0 Å². The molecule has 12 aliphatic rings. The first-order chi connectivity index (χ1) is 64.6. The van der Waals surface area contributed by atoms with Gasteiger partial charge in [-0.2, -0.15) is 37.2 Å². The number of alkyl halides is 7. The lowest BCUT2D eigenvalue weighted by Gasteiger charge is -2.28. The van der Waals surface area contributed by atoms with Gasteiger partial charge in [0.25, 0.3) is 16.7 Å². The van der Waals surface area contributed by atoms with Crippen LogP contribution in [0.25, 0.3) is 33.5 Å². The topological polar surface area (TPSA) is 736 Å². The largest absolute Gasteiger partial charge is 0.472 e. The molecule has 9 fully saturated rings. The second-order valence-electron chi connectivity index (χ2n) is 30.9. The number of anilines is 3. The molecule has 0 aromatic carbocycles. The normalized spacial score (nSPS) is 38.1. The van der Waals surface area contributed by atoms with Crippen LogP contribution in [-0.2, 0) is 134 Å². The number of hydrogen-bond acceptors (Lipinski definition) is 47. The van der Waals surface area contributed by atoms with Gasteiger partial charge in [0.2, 0.25) is 30.3 Å². The highest BCUT2D eigenvalue weighted by Gasteiger charge is 2.67. The van der Waals surface area contributed by atoms with Gasteiger partial charge in [-0.05, 0) is 47.2 Å². The average Bonchev–Trinajstić information content (AvgIpc) is 1.57. The van der Waals surface area contributed by atoms with E-state index in [9.17, 15) is 67.5 Å². The molecular weight excluding hydrogens is 2100 g/mol. The highest BCUT2D eigenvalue weighted by Crippen LogP contribution is 2.64. The van der Waals surface area contributed by atoms with Gasteiger partial charge >= 0.3 is 53.3 Å². The number of nitrogen functional groups attached to an aromatic ring is 3. The molecule has 56 nitrogen and oxygen atoms in total. The Kier molecular flexibility index (Phi) is 26.3. The third kappa shape index (κ3) is 18.8. The van der Waals surface area contributed by atoms with E-state index in [4.69, 9.17) is 142 Å². The summed E-state index contributed by atoms with van der Waals surface area (Å²) in [4.78, 5) is 179. The Morgan fingerprint density at radius 3 is 1.39 bits per heavy atom. The zero-order valence-corrected chi connectivity index (χ0v) is 78.0. The molecule has 75 heteroatoms. The van der Waals surface area contributed by atoms with E-state index in [0.717, 1.165) is 55.3 Å². The molecule has 6 bridgehead atoms. The Morgan fingerprint density at radius 2 is 0.861 bits per heavy atom. The fourth-order valence-corrected chi connectivity index (χ4v) is 25.8. The van der Waals surface area contributed by atoms with Gasteiger partial charge in [0, 0.05) is 37.9 Å². The van der Waals surface area contributed by atoms with E-state index in [2.05, 4.69) is 92.4 Å². The first kappa shape index (κ1) is 98.2. The number of aromatic amines is 3. The first-order valence-corrected chi connectivity index (χ1v) is 54.8. The Bertz CT molecular complexity index is 6730. The van der Waals surface area contributed by atoms with Crippen molar-refractivity contribution >= 4 is 218 Å². The number of hydrogen-bond donors (Lipinski definition) is 13. The van der Waals surface area contributed by atoms with Crippen molar-refractivity contribution in [2.24, 2.45) is 15.0 Å². The van der Waals surface area contributed by atoms with Crippen LogP contribution in [0, 0.1) is 0 Å². The lowest BCUT2D eigenvalue weighted by molar-refractivity contribution is -0.141. The van der Waals surface area contributed by atoms with Crippen molar-refractivity contribution in [3.8, 4) is 0 Å². The van der Waals surface area contributed by atoms with Gasteiger partial charge < -0.3 is 88.6 Å². The number of thioether (sulfide) groups is 1. The number of carbonyl (C=O) groups is 3. The fourth-order valence-electron chi connectivity index (χ4n) is 16.0. The lowest BCUT2D eigenvalue weighted by Crippen LogP contribution is -2.41. The summed E-state index contributed by atoms with van der Waals surface area (Å²) < 4.78 is 236. The Labute approximate surface area is 783 Å². The summed E-state index contributed by atoms with van der Waals surface area (Å²) in [7, 11) is -5.04. The number of ether oxygens (including phenoxy) is 5. The van der Waals surface area contributed by atoms with Crippen LogP contribution in [0.15, 0.2) is 61.0 Å². The van der Waals surface area contributed by atoms with Gasteiger partial charge in [0.05, 0.1) is 82.6 Å². The summed E-state index contributed by atoms with van der Waals surface area (Å²) in [6.45, 7) is -27.6. The molecule has 21 rings (SSSR count). The van der Waals surface area contributed by atoms with Crippen LogP contribution in [0.3, 0.4) is 0 Å². The molecule has 137 heavy (non-hydrogen) atoms. The first-order valence-electron chi connectivity index (χ1n) is 39.3. The number of imidazole rings is 5. The summed E-state index contributed by atoms with van der Waals surface area (Å²) in [6.07, 6.45) is -28.0. The van der Waals surface area contributed by atoms with Gasteiger partial charge in [0.1, 0.15) is 60.3 Å². The Morgan fingerprint density at radius 1 is 0.453 bits per heavy atom. The molecule has 0 amide bonds. The van der Waals surface area contributed by atoms with Gasteiger partial charge in [-0.25, -0.2) is 62.2 Å². The Hall–Kier alpha value is -7.62. The second-order valence-corrected chi connectivity index (χ2v) is 47.7. The number of carbonyl (C=O) groups excluding carboxylic acids is 3. The number of rotatable bonds is 6. The number of nitrogens with zero attached hydrogens (tertiary/aromatic N) is 19. The lowest BCUT2D eigenvalue weighted by atomic mass is 10.1. The molecule has 0 spiro atoms. The molecule has 0 saturated carbocycles. The van der Waals surface area contributed by atoms with E-state index >= 15 is 30.7 Å². The Balaban J connectivity index is 0.000000132. The van der Waals surface area contributed by atoms with Gasteiger partial charge in [-0.3, -0.25) is 103 Å². The predicted octanol–water partition coefficient (Wildman–Crippen LogP) is 2.26. The van der Waals surface area contributed by atoms with E-state index in [0.29, 0.717) is 4.68 Å². The summed E-state index contributed by atoms with van der Waals surface area (Å²) in [5.74, 6) is -10.7. The van der Waals surface area contributed by atoms with Gasteiger partial charge in [0.15, 0.2) is 135 Å². The molecule has 738 valence electrons. The number of aliphatic hydroxyl groups excluding tert-OH is 1. The molecule has 0 aliphatic carbocycles. The zero-order valence-electron chi connectivity index (χ0n) is 67.6. The molecular formula is C62H64F7N25O31P6S6. The predicted molar refractivity (Wildman–Crippen MR) is 461 cm³/mol. The SMILES string of the molecule is Nc1nc2c(ncn2[C@@H]2O[C@@H]3COP(O)(=S)O[C@@H]4[C@@H](COP(=O)(S)O[C@@H]2[C@@H]3F)O[C@@H](n2cnc3c2N=CCC3=O)C4(F)F)c(=O)[nH]1.Nc1nc2c(ncn2[C@@H]2O[C@@H]3COP(O)(=S)O[C@@H]4[C@@H](COP(O)(=S)O[C@@H]2[C@@H]3F)O[C@@H](n2nnc3c2N=CCC3=O)C4(F)F)c(=O)[nH]1.Nc1nc2c(ncn2[C@@H]2S[C@@H]3COP(=O)(O)O[C@H]4[C@H](F)[C@H](n5cnc6c5N=CCC6=O)O[C@@H]4COP(O)(=S)O[C@@H]2[C@@H]3O)c(=O)[nH]1. The van der Waals surface area contributed by atoms with Crippen molar-refractivity contribution in [1.82, 2.24) is 92.7 Å². The van der Waals surface area contributed by atoms with Crippen molar-refractivity contribution < 1.29 is 162 Å². The number of phosphoric ester groups is 1. The van der Waals surface area contributed by atoms with Gasteiger partial charge in [-0.1, -0.05) is 17.5 Å². The summed E-state index contributed by atoms with van der Waals surface area (Å²) in [5, 5.41) is 16.4. The minimum absolute atomic E-state index is 0.00252. The maximum absolute atomic E-state index is 16.0. The highest BCUT2D eigenvalue weighted by molar-refractivity contribution is 8.44. The van der Waals surface area contributed by atoms with Crippen molar-refractivity contribution in [3.63, 3.8) is 0 Å². The number of Topliss-reactive ketones (excluding diaryl/α,β-unsaturated/α-hetero) is 3. The molecule has 28 atom stereocenters. The molecule has 9 saturated heterocycles. The fraction of sp³-hybridized carbons (Fsp3) is 0.532. The van der Waals surface area contributed by atoms with Crippen LogP contribution >= 0.6 is 65.5 Å². The number of H-pyrrole nitrogens is 3. The van der Waals surface area contributed by atoms with Crippen molar-refractivity contribution in [1.29, 1.82) is 0 Å². The molecule has 9 aromatic rings. The number of aliphatic imine (C=N–C) groups is 3. The minimum Gasteiger partial charge on any atom is -0.389 e. The number of aliphatic hydroxyl groups is 1. The maximum Gasteiger partial charge on any atom is 0.472 e. The van der Waals surface area contributed by atoms with E-state index in [1.807, 2.05) is 0 Å². The van der Waals surface area contributed by atoms with E-state index in [-0.39, 0.29) is 111 Å². The molecule has 0 radical (unpaired) electrons.